The predicted molar refractivity (Wildman–Crippen MR) is 87.9 cm³/mol. The molecular weight excluding hydrogens is 274 g/mol. The average molecular weight is 303 g/mol. The molecule has 0 unspecified atom stereocenters. The summed E-state index contributed by atoms with van der Waals surface area (Å²) in [5, 5.41) is 4.48. The van der Waals surface area contributed by atoms with Crippen LogP contribution < -0.4 is 0 Å². The van der Waals surface area contributed by atoms with Gasteiger partial charge in [-0.3, -0.25) is 9.48 Å². The van der Waals surface area contributed by atoms with Gasteiger partial charge >= 0.3 is 0 Å². The highest BCUT2D eigenvalue weighted by Gasteiger charge is 2.36. The van der Waals surface area contributed by atoms with E-state index in [1.807, 2.05) is 17.8 Å². The summed E-state index contributed by atoms with van der Waals surface area (Å²) in [5.74, 6) is 1.26. The number of amides is 1. The van der Waals surface area contributed by atoms with E-state index in [4.69, 9.17) is 0 Å². The summed E-state index contributed by atoms with van der Waals surface area (Å²) in [6.07, 6.45) is 8.97. The van der Waals surface area contributed by atoms with Gasteiger partial charge in [0.2, 0.25) is 0 Å². The van der Waals surface area contributed by atoms with Crippen LogP contribution in [0.1, 0.15) is 80.9 Å². The molecule has 0 N–H and O–H groups in total. The monoisotopic (exact) mass is 303 g/mol. The SMILES string of the molecule is CC(C)c1cc(C(=O)N2CCC[C@H]2C2CCCCC2)nn1C. The zero-order valence-electron chi connectivity index (χ0n) is 14.2. The number of likely N-dealkylation sites (tertiary alicyclic amines) is 1. The van der Waals surface area contributed by atoms with E-state index in [2.05, 4.69) is 23.8 Å². The van der Waals surface area contributed by atoms with Crippen molar-refractivity contribution in [1.82, 2.24) is 14.7 Å². The highest BCUT2D eigenvalue weighted by molar-refractivity contribution is 5.92. The zero-order valence-corrected chi connectivity index (χ0v) is 14.2. The van der Waals surface area contributed by atoms with Gasteiger partial charge in [-0.1, -0.05) is 33.1 Å². The Bertz CT molecular complexity index is 528. The summed E-state index contributed by atoms with van der Waals surface area (Å²) < 4.78 is 1.86. The Morgan fingerprint density at radius 3 is 2.55 bits per heavy atom. The van der Waals surface area contributed by atoms with Crippen molar-refractivity contribution in [2.75, 3.05) is 6.54 Å². The molecule has 0 aromatic carbocycles. The molecular formula is C18H29N3O. The van der Waals surface area contributed by atoms with Crippen molar-refractivity contribution in [3.63, 3.8) is 0 Å². The number of hydrogen-bond donors (Lipinski definition) is 0. The Balaban J connectivity index is 1.77. The summed E-state index contributed by atoms with van der Waals surface area (Å²) in [6.45, 7) is 5.20. The molecule has 1 saturated heterocycles. The molecule has 22 heavy (non-hydrogen) atoms. The smallest absolute Gasteiger partial charge is 0.274 e. The Labute approximate surface area is 133 Å². The van der Waals surface area contributed by atoms with Crippen LogP contribution in [-0.2, 0) is 7.05 Å². The lowest BCUT2D eigenvalue weighted by molar-refractivity contribution is 0.0655. The molecule has 1 aromatic rings. The molecule has 4 heteroatoms. The third-order valence-corrected chi connectivity index (χ3v) is 5.48. The maximum absolute atomic E-state index is 12.9. The van der Waals surface area contributed by atoms with Gasteiger partial charge in [0.25, 0.3) is 5.91 Å². The number of aromatic nitrogens is 2. The first-order valence-corrected chi connectivity index (χ1v) is 8.93. The van der Waals surface area contributed by atoms with Gasteiger partial charge in [-0.25, -0.2) is 0 Å². The molecule has 1 atom stereocenters. The number of hydrogen-bond acceptors (Lipinski definition) is 2. The van der Waals surface area contributed by atoms with Gasteiger partial charge in [-0.2, -0.15) is 5.10 Å². The van der Waals surface area contributed by atoms with Gasteiger partial charge in [0, 0.05) is 25.3 Å². The topological polar surface area (TPSA) is 38.1 Å². The van der Waals surface area contributed by atoms with E-state index >= 15 is 0 Å². The molecule has 0 bridgehead atoms. The van der Waals surface area contributed by atoms with Crippen molar-refractivity contribution in [2.24, 2.45) is 13.0 Å². The second kappa shape index (κ2) is 6.43. The number of aryl methyl sites for hydroxylation is 1. The molecule has 1 amide bonds. The van der Waals surface area contributed by atoms with Crippen LogP contribution in [0.3, 0.4) is 0 Å². The van der Waals surface area contributed by atoms with Gasteiger partial charge in [0.1, 0.15) is 0 Å². The molecule has 4 nitrogen and oxygen atoms in total. The summed E-state index contributed by atoms with van der Waals surface area (Å²) >= 11 is 0. The molecule has 1 aliphatic carbocycles. The van der Waals surface area contributed by atoms with Gasteiger partial charge in [-0.05, 0) is 43.6 Å². The van der Waals surface area contributed by atoms with Crippen LogP contribution in [0.25, 0.3) is 0 Å². The van der Waals surface area contributed by atoms with E-state index in [-0.39, 0.29) is 5.91 Å². The molecule has 2 heterocycles. The summed E-state index contributed by atoms with van der Waals surface area (Å²) in [4.78, 5) is 15.1. The summed E-state index contributed by atoms with van der Waals surface area (Å²) in [6, 6.07) is 2.45. The molecule has 0 spiro atoms. The lowest BCUT2D eigenvalue weighted by Gasteiger charge is -2.33. The quantitative estimate of drug-likeness (QED) is 0.853. The fraction of sp³-hybridized carbons (Fsp3) is 0.778. The second-order valence-corrected chi connectivity index (χ2v) is 7.34. The minimum absolute atomic E-state index is 0.149. The van der Waals surface area contributed by atoms with E-state index in [0.717, 1.165) is 18.7 Å². The van der Waals surface area contributed by atoms with Crippen molar-refractivity contribution in [3.8, 4) is 0 Å². The first kappa shape index (κ1) is 15.6. The van der Waals surface area contributed by atoms with Crippen molar-refractivity contribution in [3.05, 3.63) is 17.5 Å². The molecule has 2 fully saturated rings. The Kier molecular flexibility index (Phi) is 4.55. The maximum atomic E-state index is 12.9. The van der Waals surface area contributed by atoms with Crippen LogP contribution in [0.5, 0.6) is 0 Å². The van der Waals surface area contributed by atoms with Gasteiger partial charge in [-0.15, -0.1) is 0 Å². The van der Waals surface area contributed by atoms with Crippen molar-refractivity contribution in [1.29, 1.82) is 0 Å². The lowest BCUT2D eigenvalue weighted by Crippen LogP contribution is -2.41. The van der Waals surface area contributed by atoms with Crippen LogP contribution >= 0.6 is 0 Å². The van der Waals surface area contributed by atoms with E-state index in [9.17, 15) is 4.79 Å². The number of carbonyl (C=O) groups excluding carboxylic acids is 1. The normalized spacial score (nSPS) is 23.5. The molecule has 1 saturated carbocycles. The maximum Gasteiger partial charge on any atom is 0.274 e. The van der Waals surface area contributed by atoms with E-state index in [0.29, 0.717) is 23.6 Å². The molecule has 3 rings (SSSR count). The molecule has 122 valence electrons. The third-order valence-electron chi connectivity index (χ3n) is 5.48. The summed E-state index contributed by atoms with van der Waals surface area (Å²) in [5.41, 5.74) is 1.77. The van der Waals surface area contributed by atoms with Gasteiger partial charge < -0.3 is 4.90 Å². The molecule has 0 radical (unpaired) electrons. The minimum Gasteiger partial charge on any atom is -0.334 e. The van der Waals surface area contributed by atoms with Crippen molar-refractivity contribution in [2.45, 2.75) is 70.8 Å². The van der Waals surface area contributed by atoms with Crippen LogP contribution in [0.2, 0.25) is 0 Å². The first-order chi connectivity index (χ1) is 10.6. The number of carbonyl (C=O) groups is 1. The fourth-order valence-electron chi connectivity index (χ4n) is 4.33. The summed E-state index contributed by atoms with van der Waals surface area (Å²) in [7, 11) is 1.94. The van der Waals surface area contributed by atoms with Crippen molar-refractivity contribution >= 4 is 5.91 Å². The number of rotatable bonds is 3. The highest BCUT2D eigenvalue weighted by atomic mass is 16.2. The largest absolute Gasteiger partial charge is 0.334 e. The Morgan fingerprint density at radius 1 is 1.18 bits per heavy atom. The van der Waals surface area contributed by atoms with E-state index in [1.54, 1.807) is 0 Å². The van der Waals surface area contributed by atoms with Crippen LogP contribution in [0.15, 0.2) is 6.07 Å². The Hall–Kier alpha value is -1.32. The van der Waals surface area contributed by atoms with Crippen LogP contribution in [-0.4, -0.2) is 33.2 Å². The predicted octanol–water partition coefficient (Wildman–Crippen LogP) is 3.73. The molecule has 1 aliphatic heterocycles. The van der Waals surface area contributed by atoms with E-state index in [1.165, 1.54) is 38.5 Å². The zero-order chi connectivity index (χ0) is 15.7. The van der Waals surface area contributed by atoms with E-state index < -0.39 is 0 Å². The van der Waals surface area contributed by atoms with Crippen LogP contribution in [0.4, 0.5) is 0 Å². The molecule has 2 aliphatic rings. The standard InChI is InChI=1S/C18H29N3O/c1-13(2)17-12-15(19-20(17)3)18(22)21-11-7-10-16(21)14-8-5-4-6-9-14/h12-14,16H,4-11H2,1-3H3/t16-/m0/s1. The Morgan fingerprint density at radius 2 is 1.91 bits per heavy atom. The fourth-order valence-corrected chi connectivity index (χ4v) is 4.33. The molecule has 1 aromatic heterocycles. The first-order valence-electron chi connectivity index (χ1n) is 8.93. The average Bonchev–Trinajstić information content (AvgIpc) is 3.14. The minimum atomic E-state index is 0.149. The van der Waals surface area contributed by atoms with Crippen molar-refractivity contribution < 1.29 is 4.79 Å². The number of nitrogens with zero attached hydrogens (tertiary/aromatic N) is 3. The van der Waals surface area contributed by atoms with Gasteiger partial charge in [0.15, 0.2) is 5.69 Å². The second-order valence-electron chi connectivity index (χ2n) is 7.34. The highest BCUT2D eigenvalue weighted by Crippen LogP contribution is 2.35. The third kappa shape index (κ3) is 2.92. The van der Waals surface area contributed by atoms with Crippen LogP contribution in [0, 0.1) is 5.92 Å². The lowest BCUT2D eigenvalue weighted by atomic mass is 9.83. The van der Waals surface area contributed by atoms with Gasteiger partial charge in [0.05, 0.1) is 0 Å².